The van der Waals surface area contributed by atoms with Crippen LogP contribution in [0.3, 0.4) is 0 Å². The largest absolute Gasteiger partial charge is 0.294 e. The number of rotatable bonds is 4. The zero-order chi connectivity index (χ0) is 16.2. The number of carbonyl (C=O) groups is 1. The highest BCUT2D eigenvalue weighted by Gasteiger charge is 2.25. The molecule has 0 saturated heterocycles. The van der Waals surface area contributed by atoms with E-state index < -0.39 is 4.92 Å². The predicted octanol–water partition coefficient (Wildman–Crippen LogP) is 3.68. The summed E-state index contributed by atoms with van der Waals surface area (Å²) in [6.45, 7) is 0.633. The lowest BCUT2D eigenvalue weighted by Crippen LogP contribution is -2.24. The van der Waals surface area contributed by atoms with Crippen LogP contribution in [0.2, 0.25) is 0 Å². The van der Waals surface area contributed by atoms with E-state index in [1.165, 1.54) is 24.3 Å². The van der Waals surface area contributed by atoms with Crippen molar-refractivity contribution in [2.24, 2.45) is 10.9 Å². The molecule has 116 valence electrons. The van der Waals surface area contributed by atoms with Crippen molar-refractivity contribution in [3.63, 3.8) is 0 Å². The quantitative estimate of drug-likeness (QED) is 0.491. The molecule has 1 aliphatic heterocycles. The summed E-state index contributed by atoms with van der Waals surface area (Å²) in [5.74, 6) is -0.0904. The molecule has 2 aromatic carbocycles. The zero-order valence-electron chi connectivity index (χ0n) is 12.5. The molecule has 5 heteroatoms. The number of benzene rings is 2. The van der Waals surface area contributed by atoms with Crippen molar-refractivity contribution in [1.29, 1.82) is 0 Å². The molecular weight excluding hydrogens is 292 g/mol. The van der Waals surface area contributed by atoms with Crippen molar-refractivity contribution in [2.45, 2.75) is 12.8 Å². The molecule has 0 fully saturated rings. The summed E-state index contributed by atoms with van der Waals surface area (Å²) in [6.07, 6.45) is 1.33. The fourth-order valence-corrected chi connectivity index (χ4v) is 2.80. The second-order valence-corrected chi connectivity index (χ2v) is 5.55. The molecule has 0 saturated carbocycles. The third-order valence-electron chi connectivity index (χ3n) is 4.06. The molecular formula is C18H16N2O3. The number of ketones is 1. The number of nitro groups is 1. The van der Waals surface area contributed by atoms with Crippen LogP contribution in [0.4, 0.5) is 5.69 Å². The molecule has 1 unspecified atom stereocenters. The molecule has 1 atom stereocenters. The third kappa shape index (κ3) is 3.34. The molecule has 0 amide bonds. The molecule has 0 aromatic heterocycles. The summed E-state index contributed by atoms with van der Waals surface area (Å²) >= 11 is 0. The lowest BCUT2D eigenvalue weighted by molar-refractivity contribution is -0.384. The first-order chi connectivity index (χ1) is 11.1. The molecule has 0 aliphatic carbocycles. The van der Waals surface area contributed by atoms with Crippen LogP contribution in [0.1, 0.15) is 28.8 Å². The number of hydrogen-bond donors (Lipinski definition) is 0. The summed E-state index contributed by atoms with van der Waals surface area (Å²) in [6, 6.07) is 15.7. The number of Topliss-reactive ketones (excluding diaryl/α,β-unsaturated/α-hetero) is 1. The highest BCUT2D eigenvalue weighted by atomic mass is 16.6. The Morgan fingerprint density at radius 3 is 2.43 bits per heavy atom. The van der Waals surface area contributed by atoms with Gasteiger partial charge in [-0.05, 0) is 30.5 Å². The summed E-state index contributed by atoms with van der Waals surface area (Å²) in [7, 11) is 0. The van der Waals surface area contributed by atoms with E-state index in [0.717, 1.165) is 11.3 Å². The van der Waals surface area contributed by atoms with Crippen molar-refractivity contribution < 1.29 is 9.72 Å². The Morgan fingerprint density at radius 1 is 1.09 bits per heavy atom. The molecule has 1 heterocycles. The van der Waals surface area contributed by atoms with Gasteiger partial charge in [0.05, 0.1) is 4.92 Å². The highest BCUT2D eigenvalue weighted by molar-refractivity contribution is 6.06. The number of nitro benzene ring substituents is 1. The molecule has 1 aliphatic rings. The monoisotopic (exact) mass is 308 g/mol. The normalized spacial score (nSPS) is 17.4. The van der Waals surface area contributed by atoms with E-state index in [0.29, 0.717) is 24.9 Å². The van der Waals surface area contributed by atoms with Gasteiger partial charge in [0.15, 0.2) is 5.78 Å². The van der Waals surface area contributed by atoms with E-state index in [1.54, 1.807) is 0 Å². The van der Waals surface area contributed by atoms with Gasteiger partial charge in [-0.3, -0.25) is 19.9 Å². The summed E-state index contributed by atoms with van der Waals surface area (Å²) < 4.78 is 0. The van der Waals surface area contributed by atoms with Gasteiger partial charge in [-0.25, -0.2) is 0 Å². The van der Waals surface area contributed by atoms with E-state index in [4.69, 9.17) is 0 Å². The molecule has 0 N–H and O–H groups in total. The second kappa shape index (κ2) is 6.52. The number of aliphatic imine (C=N–C) groups is 1. The van der Waals surface area contributed by atoms with E-state index >= 15 is 0 Å². The van der Waals surface area contributed by atoms with Gasteiger partial charge in [-0.2, -0.15) is 0 Å². The Morgan fingerprint density at radius 2 is 1.78 bits per heavy atom. The van der Waals surface area contributed by atoms with Crippen LogP contribution in [0.25, 0.3) is 0 Å². The van der Waals surface area contributed by atoms with Gasteiger partial charge in [-0.15, -0.1) is 0 Å². The number of non-ortho nitro benzene ring substituents is 1. The number of carbonyl (C=O) groups excluding carboxylic acids is 1. The van der Waals surface area contributed by atoms with E-state index in [9.17, 15) is 14.9 Å². The van der Waals surface area contributed by atoms with Crippen LogP contribution >= 0.6 is 0 Å². The minimum Gasteiger partial charge on any atom is -0.294 e. The third-order valence-corrected chi connectivity index (χ3v) is 4.06. The van der Waals surface area contributed by atoms with Crippen LogP contribution < -0.4 is 0 Å². The van der Waals surface area contributed by atoms with E-state index in [-0.39, 0.29) is 17.4 Å². The summed E-state index contributed by atoms with van der Waals surface area (Å²) in [5, 5.41) is 10.7. The topological polar surface area (TPSA) is 72.6 Å². The van der Waals surface area contributed by atoms with Gasteiger partial charge in [0.25, 0.3) is 5.69 Å². The molecule has 0 bridgehead atoms. The predicted molar refractivity (Wildman–Crippen MR) is 88.0 cm³/mol. The molecule has 23 heavy (non-hydrogen) atoms. The number of hydrogen-bond acceptors (Lipinski definition) is 4. The molecule has 0 spiro atoms. The van der Waals surface area contributed by atoms with Crippen molar-refractivity contribution in [3.8, 4) is 0 Å². The smallest absolute Gasteiger partial charge is 0.269 e. The second-order valence-electron chi connectivity index (χ2n) is 5.55. The molecule has 3 rings (SSSR count). The maximum absolute atomic E-state index is 12.6. The van der Waals surface area contributed by atoms with Crippen LogP contribution in [-0.4, -0.2) is 23.0 Å². The van der Waals surface area contributed by atoms with Crippen molar-refractivity contribution in [1.82, 2.24) is 0 Å². The Balaban J connectivity index is 1.76. The van der Waals surface area contributed by atoms with Crippen molar-refractivity contribution in [3.05, 3.63) is 75.8 Å². The minimum absolute atomic E-state index is 0.00303. The first-order valence-corrected chi connectivity index (χ1v) is 7.52. The summed E-state index contributed by atoms with van der Waals surface area (Å²) in [4.78, 5) is 27.4. The molecule has 2 aromatic rings. The van der Waals surface area contributed by atoms with Crippen LogP contribution in [0.15, 0.2) is 59.6 Å². The Labute approximate surface area is 133 Å². The lowest BCUT2D eigenvalue weighted by Gasteiger charge is -2.21. The van der Waals surface area contributed by atoms with Crippen molar-refractivity contribution >= 4 is 17.2 Å². The summed E-state index contributed by atoms with van der Waals surface area (Å²) in [5.41, 5.74) is 2.53. The van der Waals surface area contributed by atoms with Gasteiger partial charge in [0.2, 0.25) is 0 Å². The van der Waals surface area contributed by atoms with E-state index in [1.807, 2.05) is 30.3 Å². The maximum atomic E-state index is 12.6. The van der Waals surface area contributed by atoms with Gasteiger partial charge in [0, 0.05) is 35.9 Å². The van der Waals surface area contributed by atoms with Gasteiger partial charge in [0.1, 0.15) is 0 Å². The van der Waals surface area contributed by atoms with Crippen LogP contribution in [0, 0.1) is 16.0 Å². The Hall–Kier alpha value is -2.82. The fraction of sp³-hybridized carbons (Fsp3) is 0.222. The SMILES string of the molecule is O=C(c1ccc([N+](=O)[O-])cc1)C1CCN=C(c2ccccc2)C1. The fourth-order valence-electron chi connectivity index (χ4n) is 2.80. The standard InChI is InChI=1S/C18H16N2O3/c21-18(14-6-8-16(9-7-14)20(22)23)15-10-11-19-17(12-15)13-4-2-1-3-5-13/h1-9,15H,10-12H2. The van der Waals surface area contributed by atoms with Crippen LogP contribution in [-0.2, 0) is 0 Å². The highest BCUT2D eigenvalue weighted by Crippen LogP contribution is 2.24. The molecule has 5 nitrogen and oxygen atoms in total. The van der Waals surface area contributed by atoms with Gasteiger partial charge < -0.3 is 0 Å². The Kier molecular flexibility index (Phi) is 4.28. The van der Waals surface area contributed by atoms with Crippen molar-refractivity contribution in [2.75, 3.05) is 6.54 Å². The molecule has 0 radical (unpaired) electrons. The average molecular weight is 308 g/mol. The number of nitrogens with zero attached hydrogens (tertiary/aromatic N) is 2. The minimum atomic E-state index is -0.463. The van der Waals surface area contributed by atoms with Crippen LogP contribution in [0.5, 0.6) is 0 Å². The maximum Gasteiger partial charge on any atom is 0.269 e. The first-order valence-electron chi connectivity index (χ1n) is 7.52. The average Bonchev–Trinajstić information content (AvgIpc) is 2.62. The van der Waals surface area contributed by atoms with Gasteiger partial charge >= 0.3 is 0 Å². The first kappa shape index (κ1) is 15.1. The lowest BCUT2D eigenvalue weighted by atomic mass is 9.86. The Bertz CT molecular complexity index is 752. The van der Waals surface area contributed by atoms with E-state index in [2.05, 4.69) is 4.99 Å². The van der Waals surface area contributed by atoms with Gasteiger partial charge in [-0.1, -0.05) is 30.3 Å². The zero-order valence-corrected chi connectivity index (χ0v) is 12.5.